The summed E-state index contributed by atoms with van der Waals surface area (Å²) in [6.07, 6.45) is 6.57. The standard InChI is InChI=1S/C9H21OP/c1-11(2,3,10)9-7-5-4-6-8-9/h9-10H,4-8H2,1-3H3. The molecule has 68 valence electrons. The van der Waals surface area contributed by atoms with E-state index in [0.717, 1.165) is 0 Å². The van der Waals surface area contributed by atoms with Gasteiger partial charge in [0.05, 0.1) is 0 Å². The first-order valence-corrected chi connectivity index (χ1v) is 8.22. The Hall–Kier alpha value is 0.390. The minimum atomic E-state index is -2.21. The van der Waals surface area contributed by atoms with E-state index in [-0.39, 0.29) is 0 Å². The molecule has 0 spiro atoms. The fraction of sp³-hybridized carbons (Fsp3) is 1.00. The van der Waals surface area contributed by atoms with E-state index in [1.54, 1.807) is 0 Å². The monoisotopic (exact) mass is 176 g/mol. The van der Waals surface area contributed by atoms with Crippen LogP contribution in [0.3, 0.4) is 0 Å². The number of hydrogen-bond acceptors (Lipinski definition) is 1. The molecule has 1 rings (SSSR count). The predicted octanol–water partition coefficient (Wildman–Crippen LogP) is 2.67. The molecule has 1 aliphatic carbocycles. The van der Waals surface area contributed by atoms with Crippen LogP contribution in [0.5, 0.6) is 0 Å². The molecule has 0 amide bonds. The van der Waals surface area contributed by atoms with E-state index in [1.807, 2.05) is 0 Å². The Morgan fingerprint density at radius 3 is 1.73 bits per heavy atom. The van der Waals surface area contributed by atoms with Crippen LogP contribution in [0.15, 0.2) is 0 Å². The molecule has 0 radical (unpaired) electrons. The van der Waals surface area contributed by atoms with Crippen molar-refractivity contribution in [2.24, 2.45) is 0 Å². The van der Waals surface area contributed by atoms with Crippen LogP contribution in [-0.2, 0) is 0 Å². The molecule has 2 heteroatoms. The SMILES string of the molecule is CP(C)(C)(O)C1CCCCC1. The summed E-state index contributed by atoms with van der Waals surface area (Å²) in [5.41, 5.74) is 0.634. The van der Waals surface area contributed by atoms with Crippen molar-refractivity contribution in [3.05, 3.63) is 0 Å². The van der Waals surface area contributed by atoms with Crippen molar-refractivity contribution in [2.75, 3.05) is 20.0 Å². The Kier molecular flexibility index (Phi) is 2.33. The van der Waals surface area contributed by atoms with Gasteiger partial charge in [-0.15, -0.1) is 0 Å². The molecular formula is C9H21OP. The van der Waals surface area contributed by atoms with Crippen LogP contribution >= 0.6 is 6.83 Å². The van der Waals surface area contributed by atoms with E-state index in [1.165, 1.54) is 32.1 Å². The van der Waals surface area contributed by atoms with Crippen molar-refractivity contribution in [2.45, 2.75) is 37.8 Å². The van der Waals surface area contributed by atoms with Gasteiger partial charge in [-0.25, -0.2) is 0 Å². The van der Waals surface area contributed by atoms with E-state index >= 15 is 0 Å². The summed E-state index contributed by atoms with van der Waals surface area (Å²) in [5.74, 6) is 0. The normalized spacial score (nSPS) is 26.0. The van der Waals surface area contributed by atoms with Gasteiger partial charge < -0.3 is 0 Å². The van der Waals surface area contributed by atoms with Crippen LogP contribution in [-0.4, -0.2) is 30.5 Å². The molecule has 0 aromatic heterocycles. The van der Waals surface area contributed by atoms with Crippen LogP contribution in [0.1, 0.15) is 32.1 Å². The van der Waals surface area contributed by atoms with Crippen molar-refractivity contribution in [3.8, 4) is 0 Å². The van der Waals surface area contributed by atoms with Gasteiger partial charge in [0.2, 0.25) is 0 Å². The molecule has 0 heterocycles. The third kappa shape index (κ3) is 2.72. The molecule has 0 unspecified atom stereocenters. The van der Waals surface area contributed by atoms with Gasteiger partial charge in [-0.2, -0.15) is 0 Å². The van der Waals surface area contributed by atoms with Crippen molar-refractivity contribution in [3.63, 3.8) is 0 Å². The van der Waals surface area contributed by atoms with Gasteiger partial charge in [0.1, 0.15) is 0 Å². The maximum absolute atomic E-state index is 10.2. The second kappa shape index (κ2) is 2.71. The molecule has 1 saturated carbocycles. The van der Waals surface area contributed by atoms with Crippen LogP contribution in [0.25, 0.3) is 0 Å². The first-order chi connectivity index (χ1) is 4.86. The van der Waals surface area contributed by atoms with E-state index in [9.17, 15) is 4.89 Å². The Labute approximate surface area is 70.2 Å². The number of rotatable bonds is 1. The van der Waals surface area contributed by atoms with Crippen molar-refractivity contribution in [1.82, 2.24) is 0 Å². The van der Waals surface area contributed by atoms with Crippen LogP contribution in [0, 0.1) is 0 Å². The van der Waals surface area contributed by atoms with Crippen molar-refractivity contribution < 1.29 is 4.89 Å². The van der Waals surface area contributed by atoms with Crippen LogP contribution in [0.2, 0.25) is 0 Å². The fourth-order valence-electron chi connectivity index (χ4n) is 1.97. The first-order valence-electron chi connectivity index (χ1n) is 4.62. The summed E-state index contributed by atoms with van der Waals surface area (Å²) in [7, 11) is 0. The molecular weight excluding hydrogens is 155 g/mol. The molecule has 0 atom stereocenters. The Bertz CT molecular complexity index is 130. The second-order valence-corrected chi connectivity index (χ2v) is 11.5. The topological polar surface area (TPSA) is 20.2 Å². The van der Waals surface area contributed by atoms with Gasteiger partial charge >= 0.3 is 69.5 Å². The first kappa shape index (κ1) is 9.48. The van der Waals surface area contributed by atoms with Gasteiger partial charge in [0, 0.05) is 0 Å². The molecule has 1 aliphatic rings. The molecule has 0 aromatic carbocycles. The molecule has 0 aliphatic heterocycles. The number of hydrogen-bond donors (Lipinski definition) is 1. The van der Waals surface area contributed by atoms with Gasteiger partial charge in [-0.3, -0.25) is 0 Å². The van der Waals surface area contributed by atoms with Gasteiger partial charge in [-0.1, -0.05) is 0 Å². The summed E-state index contributed by atoms with van der Waals surface area (Å²) in [5, 5.41) is 0. The molecule has 0 bridgehead atoms. The summed E-state index contributed by atoms with van der Waals surface area (Å²) >= 11 is 0. The van der Waals surface area contributed by atoms with E-state index in [4.69, 9.17) is 0 Å². The van der Waals surface area contributed by atoms with E-state index in [2.05, 4.69) is 20.0 Å². The zero-order chi connectivity index (χ0) is 8.56. The molecule has 1 nitrogen and oxygen atoms in total. The summed E-state index contributed by atoms with van der Waals surface area (Å²) in [6, 6.07) is 0. The zero-order valence-electron chi connectivity index (χ0n) is 8.01. The quantitative estimate of drug-likeness (QED) is 0.609. The molecule has 0 aromatic rings. The molecule has 1 N–H and O–H groups in total. The van der Waals surface area contributed by atoms with Crippen LogP contribution in [0.4, 0.5) is 0 Å². The van der Waals surface area contributed by atoms with Crippen molar-refractivity contribution in [1.29, 1.82) is 0 Å². The Balaban J connectivity index is 2.59. The third-order valence-electron chi connectivity index (χ3n) is 2.83. The van der Waals surface area contributed by atoms with Crippen molar-refractivity contribution >= 4 is 6.83 Å². The fourth-order valence-corrected chi connectivity index (χ4v) is 4.12. The molecule has 11 heavy (non-hydrogen) atoms. The van der Waals surface area contributed by atoms with Gasteiger partial charge in [0.15, 0.2) is 0 Å². The summed E-state index contributed by atoms with van der Waals surface area (Å²) in [4.78, 5) is 10.2. The zero-order valence-corrected chi connectivity index (χ0v) is 8.90. The predicted molar refractivity (Wildman–Crippen MR) is 53.8 cm³/mol. The second-order valence-electron chi connectivity index (χ2n) is 5.12. The van der Waals surface area contributed by atoms with E-state index in [0.29, 0.717) is 5.66 Å². The summed E-state index contributed by atoms with van der Waals surface area (Å²) in [6.45, 7) is 4.04. The summed E-state index contributed by atoms with van der Waals surface area (Å²) < 4.78 is 0. The third-order valence-corrected chi connectivity index (χ3v) is 5.87. The maximum atomic E-state index is 10.2. The Morgan fingerprint density at radius 2 is 1.45 bits per heavy atom. The van der Waals surface area contributed by atoms with Gasteiger partial charge in [-0.05, 0) is 0 Å². The molecule has 0 saturated heterocycles. The Morgan fingerprint density at radius 1 is 1.00 bits per heavy atom. The average molecular weight is 176 g/mol. The van der Waals surface area contributed by atoms with E-state index < -0.39 is 6.83 Å². The molecule has 1 fully saturated rings. The van der Waals surface area contributed by atoms with Crippen LogP contribution < -0.4 is 0 Å². The average Bonchev–Trinajstić information content (AvgIpc) is 1.86. The minimum absolute atomic E-state index is 0.634. The van der Waals surface area contributed by atoms with Gasteiger partial charge in [0.25, 0.3) is 0 Å².